The molecule has 0 aromatic rings. The first kappa shape index (κ1) is 9.65. The van der Waals surface area contributed by atoms with E-state index >= 15 is 0 Å². The van der Waals surface area contributed by atoms with Crippen LogP contribution >= 0.6 is 11.8 Å². The van der Waals surface area contributed by atoms with Crippen molar-refractivity contribution in [2.75, 3.05) is 12.3 Å². The number of nitrogens with one attached hydrogen (secondary N) is 1. The number of hydrogen-bond acceptors (Lipinski definition) is 2. The summed E-state index contributed by atoms with van der Waals surface area (Å²) in [5.74, 6) is 1.19. The standard InChI is InChI=1S/C9H15NOS/c1-2-9(11)10-7-8-5-3-4-6-12-8/h2,8H,1,3-7H2,(H,10,11). The topological polar surface area (TPSA) is 29.1 Å². The molecule has 1 amide bonds. The molecule has 2 nitrogen and oxygen atoms in total. The van der Waals surface area contributed by atoms with Crippen LogP contribution in [0, 0.1) is 0 Å². The lowest BCUT2D eigenvalue weighted by Crippen LogP contribution is -2.30. The van der Waals surface area contributed by atoms with E-state index in [0.29, 0.717) is 5.25 Å². The first-order valence-corrected chi connectivity index (χ1v) is 5.39. The Labute approximate surface area is 77.8 Å². The van der Waals surface area contributed by atoms with Gasteiger partial charge in [0.2, 0.25) is 5.91 Å². The van der Waals surface area contributed by atoms with Gasteiger partial charge in [-0.1, -0.05) is 13.0 Å². The van der Waals surface area contributed by atoms with Gasteiger partial charge in [0.1, 0.15) is 0 Å². The van der Waals surface area contributed by atoms with Gasteiger partial charge in [0.15, 0.2) is 0 Å². The second-order valence-electron chi connectivity index (χ2n) is 2.94. The zero-order chi connectivity index (χ0) is 8.81. The van der Waals surface area contributed by atoms with Crippen molar-refractivity contribution in [3.63, 3.8) is 0 Å². The van der Waals surface area contributed by atoms with E-state index in [1.54, 1.807) is 0 Å². The highest BCUT2D eigenvalue weighted by Gasteiger charge is 2.13. The molecule has 0 radical (unpaired) electrons. The molecule has 1 atom stereocenters. The molecule has 1 saturated heterocycles. The quantitative estimate of drug-likeness (QED) is 0.676. The average molecular weight is 185 g/mol. The van der Waals surface area contributed by atoms with E-state index in [0.717, 1.165) is 6.54 Å². The molecule has 1 N–H and O–H groups in total. The van der Waals surface area contributed by atoms with Crippen LogP contribution in [0.2, 0.25) is 0 Å². The van der Waals surface area contributed by atoms with E-state index in [1.807, 2.05) is 11.8 Å². The minimum Gasteiger partial charge on any atom is -0.351 e. The molecule has 0 bridgehead atoms. The zero-order valence-electron chi connectivity index (χ0n) is 7.21. The van der Waals surface area contributed by atoms with Gasteiger partial charge in [-0.2, -0.15) is 11.8 Å². The summed E-state index contributed by atoms with van der Waals surface area (Å²) in [6, 6.07) is 0. The first-order chi connectivity index (χ1) is 5.83. The Balaban J connectivity index is 2.12. The highest BCUT2D eigenvalue weighted by atomic mass is 32.2. The molecule has 0 saturated carbocycles. The zero-order valence-corrected chi connectivity index (χ0v) is 8.03. The highest BCUT2D eigenvalue weighted by molar-refractivity contribution is 7.99. The molecule has 1 aliphatic heterocycles. The number of rotatable bonds is 3. The SMILES string of the molecule is C=CC(=O)NCC1CCCCS1. The van der Waals surface area contributed by atoms with Gasteiger partial charge in [-0.05, 0) is 24.7 Å². The second kappa shape index (κ2) is 5.25. The summed E-state index contributed by atoms with van der Waals surface area (Å²) in [4.78, 5) is 10.8. The Morgan fingerprint density at radius 1 is 1.67 bits per heavy atom. The van der Waals surface area contributed by atoms with Crippen LogP contribution < -0.4 is 5.32 Å². The van der Waals surface area contributed by atoms with E-state index in [1.165, 1.54) is 31.1 Å². The Bertz CT molecular complexity index is 164. The monoisotopic (exact) mass is 185 g/mol. The van der Waals surface area contributed by atoms with Gasteiger partial charge >= 0.3 is 0 Å². The summed E-state index contributed by atoms with van der Waals surface area (Å²) in [7, 11) is 0. The van der Waals surface area contributed by atoms with E-state index in [4.69, 9.17) is 0 Å². The van der Waals surface area contributed by atoms with Gasteiger partial charge in [-0.25, -0.2) is 0 Å². The molecule has 0 aromatic carbocycles. The first-order valence-electron chi connectivity index (χ1n) is 4.35. The lowest BCUT2D eigenvalue weighted by atomic mass is 10.2. The fourth-order valence-corrected chi connectivity index (χ4v) is 2.49. The van der Waals surface area contributed by atoms with E-state index in [9.17, 15) is 4.79 Å². The minimum absolute atomic E-state index is 0.0545. The summed E-state index contributed by atoms with van der Waals surface area (Å²) in [6.45, 7) is 4.21. The molecular formula is C9H15NOS. The molecule has 1 rings (SSSR count). The fourth-order valence-electron chi connectivity index (χ4n) is 1.25. The third-order valence-electron chi connectivity index (χ3n) is 1.96. The van der Waals surface area contributed by atoms with Crippen LogP contribution in [0.3, 0.4) is 0 Å². The fraction of sp³-hybridized carbons (Fsp3) is 0.667. The summed E-state index contributed by atoms with van der Waals surface area (Å²) < 4.78 is 0. The predicted molar refractivity (Wildman–Crippen MR) is 53.3 cm³/mol. The Hall–Kier alpha value is -0.440. The van der Waals surface area contributed by atoms with Crippen LogP contribution in [-0.2, 0) is 4.79 Å². The second-order valence-corrected chi connectivity index (χ2v) is 4.35. The van der Waals surface area contributed by atoms with Crippen molar-refractivity contribution in [1.82, 2.24) is 5.32 Å². The van der Waals surface area contributed by atoms with Gasteiger partial charge in [-0.15, -0.1) is 0 Å². The van der Waals surface area contributed by atoms with Crippen LogP contribution in [0.1, 0.15) is 19.3 Å². The van der Waals surface area contributed by atoms with Crippen LogP contribution in [0.25, 0.3) is 0 Å². The summed E-state index contributed by atoms with van der Waals surface area (Å²) >= 11 is 1.97. The summed E-state index contributed by atoms with van der Waals surface area (Å²) in [6.07, 6.45) is 5.20. The van der Waals surface area contributed by atoms with Crippen molar-refractivity contribution in [2.45, 2.75) is 24.5 Å². The van der Waals surface area contributed by atoms with Gasteiger partial charge < -0.3 is 5.32 Å². The van der Waals surface area contributed by atoms with Crippen molar-refractivity contribution < 1.29 is 4.79 Å². The van der Waals surface area contributed by atoms with E-state index in [2.05, 4.69) is 11.9 Å². The van der Waals surface area contributed by atoms with Gasteiger partial charge in [0, 0.05) is 11.8 Å². The lowest BCUT2D eigenvalue weighted by Gasteiger charge is -2.20. The number of carbonyl (C=O) groups is 1. The molecule has 0 spiro atoms. The third kappa shape index (κ3) is 3.30. The van der Waals surface area contributed by atoms with Gasteiger partial charge in [-0.3, -0.25) is 4.79 Å². The highest BCUT2D eigenvalue weighted by Crippen LogP contribution is 2.24. The number of hydrogen-bond donors (Lipinski definition) is 1. The Kier molecular flexibility index (Phi) is 4.22. The molecule has 0 aromatic heterocycles. The van der Waals surface area contributed by atoms with Crippen LogP contribution in [0.15, 0.2) is 12.7 Å². The van der Waals surface area contributed by atoms with Crippen LogP contribution in [-0.4, -0.2) is 23.5 Å². The normalized spacial score (nSPS) is 23.2. The van der Waals surface area contributed by atoms with Crippen molar-refractivity contribution in [3.8, 4) is 0 Å². The van der Waals surface area contributed by atoms with E-state index < -0.39 is 0 Å². The third-order valence-corrected chi connectivity index (χ3v) is 3.36. The number of amides is 1. The van der Waals surface area contributed by atoms with Crippen molar-refractivity contribution >= 4 is 17.7 Å². The van der Waals surface area contributed by atoms with Gasteiger partial charge in [0.25, 0.3) is 0 Å². The molecular weight excluding hydrogens is 170 g/mol. The summed E-state index contributed by atoms with van der Waals surface area (Å²) in [5, 5.41) is 3.45. The smallest absolute Gasteiger partial charge is 0.243 e. The van der Waals surface area contributed by atoms with Crippen molar-refractivity contribution in [2.24, 2.45) is 0 Å². The van der Waals surface area contributed by atoms with Crippen LogP contribution in [0.5, 0.6) is 0 Å². The number of carbonyl (C=O) groups excluding carboxylic acids is 1. The maximum absolute atomic E-state index is 10.8. The number of thioether (sulfide) groups is 1. The maximum Gasteiger partial charge on any atom is 0.243 e. The van der Waals surface area contributed by atoms with Crippen molar-refractivity contribution in [1.29, 1.82) is 0 Å². The summed E-state index contributed by atoms with van der Waals surface area (Å²) in [5.41, 5.74) is 0. The molecule has 12 heavy (non-hydrogen) atoms. The minimum atomic E-state index is -0.0545. The molecule has 1 aliphatic rings. The van der Waals surface area contributed by atoms with E-state index in [-0.39, 0.29) is 5.91 Å². The molecule has 68 valence electrons. The molecule has 3 heteroatoms. The molecule has 0 aliphatic carbocycles. The Morgan fingerprint density at radius 3 is 3.08 bits per heavy atom. The lowest BCUT2D eigenvalue weighted by molar-refractivity contribution is -0.116. The largest absolute Gasteiger partial charge is 0.351 e. The van der Waals surface area contributed by atoms with Crippen molar-refractivity contribution in [3.05, 3.63) is 12.7 Å². The molecule has 1 unspecified atom stereocenters. The maximum atomic E-state index is 10.8. The Morgan fingerprint density at radius 2 is 2.50 bits per heavy atom. The van der Waals surface area contributed by atoms with Crippen LogP contribution in [0.4, 0.5) is 0 Å². The predicted octanol–water partition coefficient (Wildman–Crippen LogP) is 1.57. The average Bonchev–Trinajstić information content (AvgIpc) is 2.16. The molecule has 1 fully saturated rings. The van der Waals surface area contributed by atoms with Gasteiger partial charge in [0.05, 0.1) is 0 Å². The molecule has 1 heterocycles.